The number of amides is 1. The Kier molecular flexibility index (Phi) is 4.31. The predicted octanol–water partition coefficient (Wildman–Crippen LogP) is 3.95. The first-order valence-electron chi connectivity index (χ1n) is 6.90. The highest BCUT2D eigenvalue weighted by Gasteiger charge is 2.18. The predicted molar refractivity (Wildman–Crippen MR) is 88.3 cm³/mol. The quantitative estimate of drug-likeness (QED) is 0.749. The maximum Gasteiger partial charge on any atom is 0.337 e. The first kappa shape index (κ1) is 15.8. The fourth-order valence-corrected chi connectivity index (χ4v) is 2.27. The van der Waals surface area contributed by atoms with Crippen LogP contribution in [0.5, 0.6) is 0 Å². The minimum atomic E-state index is -1.20. The number of carbonyl (C=O) groups is 2. The number of aromatic carboxylic acids is 1. The van der Waals surface area contributed by atoms with E-state index in [4.69, 9.17) is 16.0 Å². The maximum absolute atomic E-state index is 12.2. The Morgan fingerprint density at radius 1 is 1.12 bits per heavy atom. The lowest BCUT2D eigenvalue weighted by Crippen LogP contribution is -2.15. The largest absolute Gasteiger partial charge is 0.478 e. The topological polar surface area (TPSA) is 92.4 Å². The average molecular weight is 343 g/mol. The molecule has 3 aromatic rings. The molecular formula is C17H11ClN2O4. The molecule has 1 amide bonds. The maximum atomic E-state index is 12.2. The van der Waals surface area contributed by atoms with Crippen molar-refractivity contribution in [1.29, 1.82) is 0 Å². The van der Waals surface area contributed by atoms with Crippen molar-refractivity contribution in [3.8, 4) is 11.3 Å². The highest BCUT2D eigenvalue weighted by atomic mass is 35.5. The van der Waals surface area contributed by atoms with Crippen LogP contribution in [0, 0.1) is 0 Å². The normalized spacial score (nSPS) is 10.4. The third-order valence-electron chi connectivity index (χ3n) is 3.22. The number of carboxylic acids is 1. The summed E-state index contributed by atoms with van der Waals surface area (Å²) in [6.45, 7) is 0. The van der Waals surface area contributed by atoms with E-state index in [2.05, 4.69) is 10.3 Å². The Balaban J connectivity index is 1.84. The summed E-state index contributed by atoms with van der Waals surface area (Å²) in [4.78, 5) is 27.4. The number of carboxylic acid groups (broad SMARTS) is 1. The van der Waals surface area contributed by atoms with E-state index in [1.54, 1.807) is 0 Å². The molecule has 0 bridgehead atoms. The molecule has 0 saturated carbocycles. The van der Waals surface area contributed by atoms with Gasteiger partial charge in [-0.05, 0) is 18.2 Å². The molecule has 6 nitrogen and oxygen atoms in total. The lowest BCUT2D eigenvalue weighted by Gasteiger charge is -2.07. The van der Waals surface area contributed by atoms with Crippen molar-refractivity contribution in [2.45, 2.75) is 0 Å². The summed E-state index contributed by atoms with van der Waals surface area (Å²) in [5, 5.41) is 11.9. The minimum Gasteiger partial charge on any atom is -0.478 e. The Bertz CT molecular complexity index is 906. The fourth-order valence-electron chi connectivity index (χ4n) is 2.09. The van der Waals surface area contributed by atoms with Gasteiger partial charge in [-0.1, -0.05) is 41.9 Å². The molecule has 0 saturated heterocycles. The van der Waals surface area contributed by atoms with Gasteiger partial charge in [-0.3, -0.25) is 4.79 Å². The van der Waals surface area contributed by atoms with Crippen LogP contribution in [0.25, 0.3) is 11.3 Å². The number of carbonyl (C=O) groups excluding carboxylic acids is 1. The molecule has 0 fully saturated rings. The number of rotatable bonds is 4. The SMILES string of the molecule is O=C(Nc1ccc(Cl)cc1C(=O)O)c1ncc(-c2ccccc2)o1. The smallest absolute Gasteiger partial charge is 0.337 e. The molecule has 2 N–H and O–H groups in total. The Morgan fingerprint density at radius 3 is 2.58 bits per heavy atom. The summed E-state index contributed by atoms with van der Waals surface area (Å²) >= 11 is 5.78. The lowest BCUT2D eigenvalue weighted by molar-refractivity contribution is 0.0698. The summed E-state index contributed by atoms with van der Waals surface area (Å²) in [7, 11) is 0. The molecule has 0 radical (unpaired) electrons. The van der Waals surface area contributed by atoms with Gasteiger partial charge in [0.25, 0.3) is 5.89 Å². The molecule has 0 aliphatic carbocycles. The van der Waals surface area contributed by atoms with Crippen LogP contribution < -0.4 is 5.32 Å². The molecule has 0 aliphatic rings. The van der Waals surface area contributed by atoms with Crippen molar-refractivity contribution in [2.75, 3.05) is 5.32 Å². The Labute approximate surface area is 141 Å². The molecule has 0 atom stereocenters. The monoisotopic (exact) mass is 342 g/mol. The van der Waals surface area contributed by atoms with E-state index in [9.17, 15) is 14.7 Å². The Morgan fingerprint density at radius 2 is 1.88 bits per heavy atom. The molecule has 1 aromatic heterocycles. The molecule has 3 rings (SSSR count). The van der Waals surface area contributed by atoms with Crippen molar-refractivity contribution in [3.05, 3.63) is 71.2 Å². The summed E-state index contributed by atoms with van der Waals surface area (Å²) in [5.41, 5.74) is 0.767. The number of halogens is 1. The van der Waals surface area contributed by atoms with Crippen LogP contribution in [0.2, 0.25) is 5.02 Å². The number of oxazole rings is 1. The molecular weight excluding hydrogens is 332 g/mol. The second-order valence-corrected chi connectivity index (χ2v) is 5.28. The first-order valence-corrected chi connectivity index (χ1v) is 7.28. The van der Waals surface area contributed by atoms with E-state index in [1.165, 1.54) is 24.4 Å². The fraction of sp³-hybridized carbons (Fsp3) is 0. The summed E-state index contributed by atoms with van der Waals surface area (Å²) < 4.78 is 5.43. The molecule has 7 heteroatoms. The van der Waals surface area contributed by atoms with Gasteiger partial charge in [0.05, 0.1) is 17.4 Å². The third kappa shape index (κ3) is 3.28. The van der Waals surface area contributed by atoms with E-state index in [-0.39, 0.29) is 22.2 Å². The molecule has 0 unspecified atom stereocenters. The zero-order valence-corrected chi connectivity index (χ0v) is 12.9. The van der Waals surface area contributed by atoms with Crippen LogP contribution in [0.4, 0.5) is 5.69 Å². The second kappa shape index (κ2) is 6.55. The van der Waals surface area contributed by atoms with Gasteiger partial charge in [-0.25, -0.2) is 9.78 Å². The molecule has 120 valence electrons. The van der Waals surface area contributed by atoms with Crippen molar-refractivity contribution in [2.24, 2.45) is 0 Å². The van der Waals surface area contributed by atoms with Crippen molar-refractivity contribution >= 4 is 29.2 Å². The van der Waals surface area contributed by atoms with E-state index in [0.29, 0.717) is 5.76 Å². The van der Waals surface area contributed by atoms with Crippen LogP contribution >= 0.6 is 11.6 Å². The van der Waals surface area contributed by atoms with Crippen LogP contribution in [0.3, 0.4) is 0 Å². The molecule has 1 heterocycles. The molecule has 0 spiro atoms. The Hall–Kier alpha value is -3.12. The van der Waals surface area contributed by atoms with Gasteiger partial charge >= 0.3 is 11.9 Å². The molecule has 24 heavy (non-hydrogen) atoms. The number of anilines is 1. The number of aromatic nitrogens is 1. The minimum absolute atomic E-state index is 0.108. The number of nitrogens with one attached hydrogen (secondary N) is 1. The van der Waals surface area contributed by atoms with Crippen LogP contribution in [0.1, 0.15) is 21.0 Å². The van der Waals surface area contributed by atoms with Gasteiger partial charge in [0, 0.05) is 10.6 Å². The number of hydrogen-bond acceptors (Lipinski definition) is 4. The standard InChI is InChI=1S/C17H11ClN2O4/c18-11-6-7-13(12(8-11)17(22)23)20-15(21)16-19-9-14(24-16)10-4-2-1-3-5-10/h1-9H,(H,20,21)(H,22,23). The van der Waals surface area contributed by atoms with Crippen LogP contribution in [-0.2, 0) is 0 Å². The van der Waals surface area contributed by atoms with Gasteiger partial charge < -0.3 is 14.8 Å². The van der Waals surface area contributed by atoms with Gasteiger partial charge in [0.15, 0.2) is 5.76 Å². The zero-order chi connectivity index (χ0) is 17.1. The highest BCUT2D eigenvalue weighted by Crippen LogP contribution is 2.23. The number of nitrogens with zero attached hydrogens (tertiary/aromatic N) is 1. The van der Waals surface area contributed by atoms with E-state index in [1.807, 2.05) is 30.3 Å². The van der Waals surface area contributed by atoms with E-state index >= 15 is 0 Å². The van der Waals surface area contributed by atoms with Gasteiger partial charge in [-0.15, -0.1) is 0 Å². The van der Waals surface area contributed by atoms with Crippen LogP contribution in [-0.4, -0.2) is 22.0 Å². The lowest BCUT2D eigenvalue weighted by atomic mass is 10.2. The number of hydrogen-bond donors (Lipinski definition) is 2. The van der Waals surface area contributed by atoms with E-state index < -0.39 is 11.9 Å². The summed E-state index contributed by atoms with van der Waals surface area (Å²) in [6.07, 6.45) is 1.43. The number of benzene rings is 2. The summed E-state index contributed by atoms with van der Waals surface area (Å²) in [6, 6.07) is 13.3. The second-order valence-electron chi connectivity index (χ2n) is 4.84. The van der Waals surface area contributed by atoms with Gasteiger partial charge in [0.1, 0.15) is 0 Å². The van der Waals surface area contributed by atoms with Crippen molar-refractivity contribution in [3.63, 3.8) is 0 Å². The summed E-state index contributed by atoms with van der Waals surface area (Å²) in [5.74, 6) is -1.58. The van der Waals surface area contributed by atoms with Crippen molar-refractivity contribution < 1.29 is 19.1 Å². The third-order valence-corrected chi connectivity index (χ3v) is 3.45. The zero-order valence-electron chi connectivity index (χ0n) is 12.2. The van der Waals surface area contributed by atoms with Gasteiger partial charge in [0.2, 0.25) is 0 Å². The van der Waals surface area contributed by atoms with E-state index in [0.717, 1.165) is 5.56 Å². The highest BCUT2D eigenvalue weighted by molar-refractivity contribution is 6.31. The van der Waals surface area contributed by atoms with Gasteiger partial charge in [-0.2, -0.15) is 0 Å². The van der Waals surface area contributed by atoms with Crippen molar-refractivity contribution in [1.82, 2.24) is 4.98 Å². The molecule has 2 aromatic carbocycles. The first-order chi connectivity index (χ1) is 11.5. The molecule has 0 aliphatic heterocycles. The average Bonchev–Trinajstić information content (AvgIpc) is 3.07. The van der Waals surface area contributed by atoms with Crippen LogP contribution in [0.15, 0.2) is 59.1 Å².